The van der Waals surface area contributed by atoms with Gasteiger partial charge in [0.2, 0.25) is 0 Å². The number of hydrogen-bond acceptors (Lipinski definition) is 4. The second-order valence-electron chi connectivity index (χ2n) is 7.68. The molecule has 2 rings (SSSR count). The minimum Gasteiger partial charge on any atom is -0.444 e. The molecule has 2 heterocycles. The van der Waals surface area contributed by atoms with Crippen molar-refractivity contribution in [1.82, 2.24) is 15.1 Å². The molecule has 0 saturated carbocycles. The van der Waals surface area contributed by atoms with Crippen LogP contribution in [-0.4, -0.2) is 66.8 Å². The normalized spacial score (nSPS) is 26.6. The van der Waals surface area contributed by atoms with Crippen LogP contribution in [0.3, 0.4) is 0 Å². The Balaban J connectivity index is 1.71. The number of nitrogens with zero attached hydrogens (tertiary/aromatic N) is 2. The van der Waals surface area contributed by atoms with Gasteiger partial charge in [-0.15, -0.1) is 0 Å². The molecule has 2 saturated heterocycles. The molecular formula is C17H33N3O2. The van der Waals surface area contributed by atoms with Crippen molar-refractivity contribution in [2.45, 2.75) is 58.6 Å². The third-order valence-corrected chi connectivity index (χ3v) is 4.64. The third-order valence-electron chi connectivity index (χ3n) is 4.64. The summed E-state index contributed by atoms with van der Waals surface area (Å²) < 4.78 is 5.51. The molecule has 5 nitrogen and oxygen atoms in total. The largest absolute Gasteiger partial charge is 0.444 e. The van der Waals surface area contributed by atoms with Crippen molar-refractivity contribution in [3.8, 4) is 0 Å². The lowest BCUT2D eigenvalue weighted by Crippen LogP contribution is -2.44. The van der Waals surface area contributed by atoms with E-state index in [4.69, 9.17) is 4.74 Å². The summed E-state index contributed by atoms with van der Waals surface area (Å²) in [6.45, 7) is 14.4. The summed E-state index contributed by atoms with van der Waals surface area (Å²) >= 11 is 0. The van der Waals surface area contributed by atoms with Crippen LogP contribution in [0.25, 0.3) is 0 Å². The van der Waals surface area contributed by atoms with Crippen LogP contribution in [0.2, 0.25) is 0 Å². The number of likely N-dealkylation sites (tertiary alicyclic amines) is 2. The minimum atomic E-state index is -0.412. The van der Waals surface area contributed by atoms with Gasteiger partial charge in [0.15, 0.2) is 0 Å². The van der Waals surface area contributed by atoms with Crippen LogP contribution in [0, 0.1) is 5.92 Å². The second-order valence-corrected chi connectivity index (χ2v) is 7.68. The van der Waals surface area contributed by atoms with Crippen molar-refractivity contribution in [2.75, 3.05) is 39.3 Å². The fourth-order valence-electron chi connectivity index (χ4n) is 3.43. The van der Waals surface area contributed by atoms with Gasteiger partial charge in [-0.25, -0.2) is 4.79 Å². The Morgan fingerprint density at radius 3 is 2.64 bits per heavy atom. The van der Waals surface area contributed by atoms with E-state index in [-0.39, 0.29) is 6.09 Å². The monoisotopic (exact) mass is 311 g/mol. The van der Waals surface area contributed by atoms with E-state index in [1.807, 2.05) is 25.7 Å². The average molecular weight is 311 g/mol. The zero-order valence-electron chi connectivity index (χ0n) is 14.7. The first-order valence-corrected chi connectivity index (χ1v) is 8.81. The highest BCUT2D eigenvalue weighted by molar-refractivity contribution is 5.69. The topological polar surface area (TPSA) is 44.8 Å². The quantitative estimate of drug-likeness (QED) is 0.846. The third kappa shape index (κ3) is 5.13. The standard InChI is InChI=1S/C17H33N3O2/c1-5-19-10-8-14(13-19)11-18-12-15-7-6-9-20(15)16(21)22-17(2,3)4/h14-15,18H,5-13H2,1-4H3. The molecule has 0 bridgehead atoms. The van der Waals surface area contributed by atoms with Gasteiger partial charge in [0.05, 0.1) is 0 Å². The number of amides is 1. The number of nitrogens with one attached hydrogen (secondary N) is 1. The Morgan fingerprint density at radius 1 is 1.23 bits per heavy atom. The maximum Gasteiger partial charge on any atom is 0.410 e. The van der Waals surface area contributed by atoms with E-state index in [0.29, 0.717) is 6.04 Å². The molecule has 5 heteroatoms. The van der Waals surface area contributed by atoms with E-state index in [0.717, 1.165) is 44.9 Å². The fourth-order valence-corrected chi connectivity index (χ4v) is 3.43. The van der Waals surface area contributed by atoms with Crippen LogP contribution >= 0.6 is 0 Å². The summed E-state index contributed by atoms with van der Waals surface area (Å²) in [5.41, 5.74) is -0.412. The van der Waals surface area contributed by atoms with E-state index in [9.17, 15) is 4.79 Å². The first kappa shape index (κ1) is 17.5. The van der Waals surface area contributed by atoms with Crippen LogP contribution in [0.15, 0.2) is 0 Å². The number of hydrogen-bond donors (Lipinski definition) is 1. The summed E-state index contributed by atoms with van der Waals surface area (Å²) in [7, 11) is 0. The van der Waals surface area contributed by atoms with E-state index >= 15 is 0 Å². The lowest BCUT2D eigenvalue weighted by atomic mass is 10.1. The van der Waals surface area contributed by atoms with Crippen LogP contribution in [0.4, 0.5) is 4.79 Å². The van der Waals surface area contributed by atoms with Gasteiger partial charge in [-0.3, -0.25) is 0 Å². The molecule has 0 radical (unpaired) electrons. The molecule has 0 aromatic heterocycles. The summed E-state index contributed by atoms with van der Waals surface area (Å²) in [4.78, 5) is 16.7. The Labute approximate surface area is 135 Å². The Kier molecular flexibility index (Phi) is 6.09. The van der Waals surface area contributed by atoms with E-state index < -0.39 is 5.60 Å². The van der Waals surface area contributed by atoms with Crippen molar-refractivity contribution in [2.24, 2.45) is 5.92 Å². The lowest BCUT2D eigenvalue weighted by Gasteiger charge is -2.29. The molecule has 128 valence electrons. The molecule has 0 aliphatic carbocycles. The molecule has 2 aliphatic heterocycles. The SMILES string of the molecule is CCN1CCC(CNCC2CCCN2C(=O)OC(C)(C)C)C1. The van der Waals surface area contributed by atoms with Gasteiger partial charge in [-0.2, -0.15) is 0 Å². The molecule has 2 fully saturated rings. The fraction of sp³-hybridized carbons (Fsp3) is 0.941. The number of carbonyl (C=O) groups is 1. The molecule has 2 atom stereocenters. The number of carbonyl (C=O) groups excluding carboxylic acids is 1. The lowest BCUT2D eigenvalue weighted by molar-refractivity contribution is 0.0226. The number of ether oxygens (including phenoxy) is 1. The highest BCUT2D eigenvalue weighted by atomic mass is 16.6. The average Bonchev–Trinajstić information content (AvgIpc) is 3.05. The van der Waals surface area contributed by atoms with Gasteiger partial charge >= 0.3 is 6.09 Å². The molecule has 2 unspecified atom stereocenters. The van der Waals surface area contributed by atoms with Gasteiger partial charge in [-0.05, 0) is 65.6 Å². The van der Waals surface area contributed by atoms with E-state index in [2.05, 4.69) is 17.1 Å². The summed E-state index contributed by atoms with van der Waals surface area (Å²) in [5, 5.41) is 3.59. The summed E-state index contributed by atoms with van der Waals surface area (Å²) in [6.07, 6.45) is 3.30. The minimum absolute atomic E-state index is 0.158. The second kappa shape index (κ2) is 7.64. The first-order chi connectivity index (χ1) is 10.4. The summed E-state index contributed by atoms with van der Waals surface area (Å²) in [6, 6.07) is 0.290. The molecule has 22 heavy (non-hydrogen) atoms. The molecule has 1 amide bonds. The van der Waals surface area contributed by atoms with Crippen LogP contribution in [-0.2, 0) is 4.74 Å². The molecule has 0 aromatic carbocycles. The molecule has 0 spiro atoms. The highest BCUT2D eigenvalue weighted by Crippen LogP contribution is 2.21. The smallest absolute Gasteiger partial charge is 0.410 e. The summed E-state index contributed by atoms with van der Waals surface area (Å²) in [5.74, 6) is 0.760. The maximum atomic E-state index is 12.2. The highest BCUT2D eigenvalue weighted by Gasteiger charge is 2.32. The van der Waals surface area contributed by atoms with Crippen LogP contribution in [0.5, 0.6) is 0 Å². The van der Waals surface area contributed by atoms with Crippen molar-refractivity contribution < 1.29 is 9.53 Å². The van der Waals surface area contributed by atoms with Crippen molar-refractivity contribution in [1.29, 1.82) is 0 Å². The zero-order chi connectivity index (χ0) is 16.2. The van der Waals surface area contributed by atoms with Crippen molar-refractivity contribution >= 4 is 6.09 Å². The predicted molar refractivity (Wildman–Crippen MR) is 89.1 cm³/mol. The molecule has 2 aliphatic rings. The van der Waals surface area contributed by atoms with Gasteiger partial charge in [0.25, 0.3) is 0 Å². The Bertz CT molecular complexity index is 367. The molecule has 1 N–H and O–H groups in total. The van der Waals surface area contributed by atoms with Gasteiger partial charge < -0.3 is 19.9 Å². The van der Waals surface area contributed by atoms with Crippen LogP contribution < -0.4 is 5.32 Å². The molecule has 0 aromatic rings. The Morgan fingerprint density at radius 2 is 2.00 bits per heavy atom. The van der Waals surface area contributed by atoms with Crippen molar-refractivity contribution in [3.05, 3.63) is 0 Å². The van der Waals surface area contributed by atoms with Crippen LogP contribution in [0.1, 0.15) is 47.0 Å². The number of rotatable bonds is 5. The molecular weight excluding hydrogens is 278 g/mol. The van der Waals surface area contributed by atoms with Crippen molar-refractivity contribution in [3.63, 3.8) is 0 Å². The first-order valence-electron chi connectivity index (χ1n) is 8.81. The van der Waals surface area contributed by atoms with Gasteiger partial charge in [0, 0.05) is 25.7 Å². The van der Waals surface area contributed by atoms with Gasteiger partial charge in [-0.1, -0.05) is 6.92 Å². The predicted octanol–water partition coefficient (Wildman–Crippen LogP) is 2.32. The van der Waals surface area contributed by atoms with E-state index in [1.54, 1.807) is 0 Å². The zero-order valence-corrected chi connectivity index (χ0v) is 14.7. The Hall–Kier alpha value is -0.810. The van der Waals surface area contributed by atoms with Gasteiger partial charge in [0.1, 0.15) is 5.60 Å². The maximum absolute atomic E-state index is 12.2. The van der Waals surface area contributed by atoms with E-state index in [1.165, 1.54) is 19.5 Å².